The van der Waals surface area contributed by atoms with Crippen LogP contribution in [0, 0.1) is 11.3 Å². The summed E-state index contributed by atoms with van der Waals surface area (Å²) in [6.45, 7) is 4.87. The molecule has 0 heterocycles. The number of aliphatic imine (C=N–C) groups is 1. The Morgan fingerprint density at radius 3 is 2.62 bits per heavy atom. The summed E-state index contributed by atoms with van der Waals surface area (Å²) in [5, 5.41) is 6.83. The highest BCUT2D eigenvalue weighted by Crippen LogP contribution is 2.61. The Kier molecular flexibility index (Phi) is 7.19. The zero-order valence-corrected chi connectivity index (χ0v) is 17.1. The van der Waals surface area contributed by atoms with Crippen LogP contribution in [-0.4, -0.2) is 32.7 Å². The summed E-state index contributed by atoms with van der Waals surface area (Å²) in [6, 6.07) is 8.20. The third kappa shape index (κ3) is 5.01. The van der Waals surface area contributed by atoms with Crippen molar-refractivity contribution in [2.75, 3.05) is 26.7 Å². The molecule has 1 aromatic rings. The highest BCUT2D eigenvalue weighted by molar-refractivity contribution is 14.0. The van der Waals surface area contributed by atoms with Gasteiger partial charge in [0.05, 0.1) is 7.11 Å². The molecule has 24 heavy (non-hydrogen) atoms. The number of hydrogen-bond donors (Lipinski definition) is 2. The van der Waals surface area contributed by atoms with E-state index < -0.39 is 0 Å². The number of methoxy groups -OCH3 is 1. The van der Waals surface area contributed by atoms with E-state index in [-0.39, 0.29) is 24.0 Å². The lowest BCUT2D eigenvalue weighted by molar-refractivity contribution is 0.409. The summed E-state index contributed by atoms with van der Waals surface area (Å²) < 4.78 is 5.41. The highest BCUT2D eigenvalue weighted by Gasteiger charge is 2.53. The van der Waals surface area contributed by atoms with Crippen LogP contribution in [0.2, 0.25) is 0 Å². The predicted molar refractivity (Wildman–Crippen MR) is 110 cm³/mol. The van der Waals surface area contributed by atoms with Crippen LogP contribution in [0.5, 0.6) is 5.75 Å². The van der Waals surface area contributed by atoms with Gasteiger partial charge in [0.1, 0.15) is 5.75 Å². The largest absolute Gasteiger partial charge is 0.496 e. The molecule has 0 radical (unpaired) electrons. The van der Waals surface area contributed by atoms with Crippen molar-refractivity contribution in [2.24, 2.45) is 16.3 Å². The fraction of sp³-hybridized carbons (Fsp3) is 0.632. The van der Waals surface area contributed by atoms with Crippen LogP contribution in [0.1, 0.15) is 38.2 Å². The molecule has 0 atom stereocenters. The molecule has 134 valence electrons. The minimum Gasteiger partial charge on any atom is -0.496 e. The van der Waals surface area contributed by atoms with Crippen LogP contribution in [0.4, 0.5) is 0 Å². The number of nitrogens with zero attached hydrogens (tertiary/aromatic N) is 1. The van der Waals surface area contributed by atoms with Gasteiger partial charge in [-0.3, -0.25) is 4.99 Å². The summed E-state index contributed by atoms with van der Waals surface area (Å²) >= 11 is 0. The lowest BCUT2D eigenvalue weighted by Crippen LogP contribution is -2.38. The Morgan fingerprint density at radius 2 is 2.00 bits per heavy atom. The van der Waals surface area contributed by atoms with Gasteiger partial charge in [0.15, 0.2) is 5.96 Å². The first kappa shape index (κ1) is 19.3. The number of guanidine groups is 1. The molecule has 0 amide bonds. The molecule has 2 N–H and O–H groups in total. The lowest BCUT2D eigenvalue weighted by atomic mass is 10.0. The second kappa shape index (κ2) is 8.92. The smallest absolute Gasteiger partial charge is 0.191 e. The maximum Gasteiger partial charge on any atom is 0.191 e. The molecule has 3 rings (SSSR count). The molecule has 2 aliphatic rings. The Morgan fingerprint density at radius 1 is 1.25 bits per heavy atom. The van der Waals surface area contributed by atoms with Crippen LogP contribution in [0.3, 0.4) is 0 Å². The normalized spacial score (nSPS) is 18.5. The van der Waals surface area contributed by atoms with Crippen LogP contribution >= 0.6 is 24.0 Å². The third-order valence-corrected chi connectivity index (χ3v) is 5.11. The van der Waals surface area contributed by atoms with Crippen molar-refractivity contribution in [1.29, 1.82) is 0 Å². The Labute approximate surface area is 162 Å². The van der Waals surface area contributed by atoms with Crippen LogP contribution < -0.4 is 15.4 Å². The first-order chi connectivity index (χ1) is 11.3. The van der Waals surface area contributed by atoms with E-state index >= 15 is 0 Å². The van der Waals surface area contributed by atoms with E-state index in [9.17, 15) is 0 Å². The van der Waals surface area contributed by atoms with Crippen LogP contribution in [0.25, 0.3) is 0 Å². The van der Waals surface area contributed by atoms with Gasteiger partial charge in [-0.1, -0.05) is 18.2 Å². The zero-order valence-electron chi connectivity index (χ0n) is 14.8. The van der Waals surface area contributed by atoms with Gasteiger partial charge < -0.3 is 15.4 Å². The minimum atomic E-state index is 0. The molecular weight excluding hydrogens is 413 g/mol. The summed E-state index contributed by atoms with van der Waals surface area (Å²) in [7, 11) is 1.73. The van der Waals surface area contributed by atoms with Gasteiger partial charge >= 0.3 is 0 Å². The molecule has 0 bridgehead atoms. The quantitative estimate of drug-likeness (QED) is 0.367. The molecule has 4 nitrogen and oxygen atoms in total. The van der Waals surface area contributed by atoms with Crippen molar-refractivity contribution in [3.8, 4) is 5.75 Å². The van der Waals surface area contributed by atoms with E-state index in [1.54, 1.807) is 7.11 Å². The van der Waals surface area contributed by atoms with Gasteiger partial charge in [0, 0.05) is 19.6 Å². The predicted octanol–water partition coefficient (Wildman–Crippen LogP) is 3.60. The second-order valence-corrected chi connectivity index (χ2v) is 6.82. The van der Waals surface area contributed by atoms with Crippen LogP contribution in [0.15, 0.2) is 29.3 Å². The molecule has 2 saturated carbocycles. The fourth-order valence-corrected chi connectivity index (χ4v) is 3.36. The molecule has 1 aromatic carbocycles. The first-order valence-electron chi connectivity index (χ1n) is 8.91. The van der Waals surface area contributed by atoms with Crippen molar-refractivity contribution in [3.63, 3.8) is 0 Å². The number of para-hydroxylation sites is 1. The molecule has 5 heteroatoms. The van der Waals surface area contributed by atoms with E-state index in [0.717, 1.165) is 43.7 Å². The van der Waals surface area contributed by atoms with E-state index in [1.165, 1.54) is 31.2 Å². The Balaban J connectivity index is 0.00000208. The first-order valence-corrected chi connectivity index (χ1v) is 8.91. The average molecular weight is 443 g/mol. The fourth-order valence-electron chi connectivity index (χ4n) is 3.36. The van der Waals surface area contributed by atoms with Gasteiger partial charge in [0.2, 0.25) is 0 Å². The lowest BCUT2D eigenvalue weighted by Gasteiger charge is -2.15. The summed E-state index contributed by atoms with van der Waals surface area (Å²) in [5.41, 5.74) is 1.79. The summed E-state index contributed by atoms with van der Waals surface area (Å²) in [5.74, 6) is 2.87. The number of benzene rings is 1. The van der Waals surface area contributed by atoms with Crippen molar-refractivity contribution in [1.82, 2.24) is 10.6 Å². The molecule has 0 saturated heterocycles. The van der Waals surface area contributed by atoms with Crippen molar-refractivity contribution in [3.05, 3.63) is 29.8 Å². The average Bonchev–Trinajstić information content (AvgIpc) is 3.46. The SMILES string of the molecule is CCNC(=NCC1(C2CC2)CC1)NCCc1ccccc1OC.I. The molecule has 0 aliphatic heterocycles. The summed E-state index contributed by atoms with van der Waals surface area (Å²) in [4.78, 5) is 4.85. The van der Waals surface area contributed by atoms with Crippen molar-refractivity contribution < 1.29 is 4.74 Å². The van der Waals surface area contributed by atoms with Crippen molar-refractivity contribution >= 4 is 29.9 Å². The maximum atomic E-state index is 5.41. The number of nitrogens with one attached hydrogen (secondary N) is 2. The van der Waals surface area contributed by atoms with E-state index in [0.29, 0.717) is 5.41 Å². The van der Waals surface area contributed by atoms with E-state index in [1.807, 2.05) is 12.1 Å². The minimum absolute atomic E-state index is 0. The Hall–Kier alpha value is -0.980. The zero-order chi connectivity index (χ0) is 16.1. The third-order valence-electron chi connectivity index (χ3n) is 5.11. The second-order valence-electron chi connectivity index (χ2n) is 6.82. The van der Waals surface area contributed by atoms with Crippen LogP contribution in [-0.2, 0) is 6.42 Å². The van der Waals surface area contributed by atoms with Gasteiger partial charge in [-0.25, -0.2) is 0 Å². The van der Waals surface area contributed by atoms with Gasteiger partial charge in [-0.05, 0) is 62.0 Å². The van der Waals surface area contributed by atoms with E-state index in [4.69, 9.17) is 9.73 Å². The number of rotatable bonds is 8. The number of hydrogen-bond acceptors (Lipinski definition) is 2. The standard InChI is InChI=1S/C19H29N3O.HI/c1-3-20-18(22-14-19(11-12-19)16-8-9-16)21-13-10-15-6-4-5-7-17(15)23-2;/h4-7,16H,3,8-14H2,1-2H3,(H2,20,21,22);1H. The summed E-state index contributed by atoms with van der Waals surface area (Å²) in [6.07, 6.45) is 6.53. The van der Waals surface area contributed by atoms with E-state index in [2.05, 4.69) is 29.7 Å². The number of halogens is 1. The van der Waals surface area contributed by atoms with Crippen molar-refractivity contribution in [2.45, 2.75) is 39.0 Å². The Bertz CT molecular complexity index is 553. The molecule has 2 aliphatic carbocycles. The van der Waals surface area contributed by atoms with Gasteiger partial charge in [-0.15, -0.1) is 24.0 Å². The van der Waals surface area contributed by atoms with Gasteiger partial charge in [-0.2, -0.15) is 0 Å². The monoisotopic (exact) mass is 443 g/mol. The molecule has 2 fully saturated rings. The maximum absolute atomic E-state index is 5.41. The molecule has 0 unspecified atom stereocenters. The molecule has 0 spiro atoms. The molecular formula is C19H30IN3O. The highest BCUT2D eigenvalue weighted by atomic mass is 127. The number of ether oxygens (including phenoxy) is 1. The topological polar surface area (TPSA) is 45.7 Å². The van der Waals surface area contributed by atoms with Gasteiger partial charge in [0.25, 0.3) is 0 Å². The molecule has 0 aromatic heterocycles.